The third kappa shape index (κ3) is 3.34. The molecular weight excluding hydrogens is 282 g/mol. The predicted octanol–water partition coefficient (Wildman–Crippen LogP) is 2.64. The topological polar surface area (TPSA) is 56.5 Å². The number of nitrogens with one attached hydrogen (secondary N) is 1. The molecule has 1 aromatic carbocycles. The first-order valence-corrected chi connectivity index (χ1v) is 7.42. The number of anilines is 1. The molecule has 1 heterocycles. The molecule has 1 fully saturated rings. The van der Waals surface area contributed by atoms with E-state index in [2.05, 4.69) is 5.32 Å². The van der Waals surface area contributed by atoms with Crippen LogP contribution in [0.2, 0.25) is 0 Å². The van der Waals surface area contributed by atoms with Gasteiger partial charge in [0.15, 0.2) is 0 Å². The number of rotatable bonds is 4. The van der Waals surface area contributed by atoms with Crippen LogP contribution in [0.3, 0.4) is 0 Å². The normalized spacial score (nSPS) is 20.5. The lowest BCUT2D eigenvalue weighted by Gasteiger charge is -2.32. The molecule has 1 aliphatic rings. The van der Waals surface area contributed by atoms with Crippen LogP contribution >= 0.6 is 0 Å². The van der Waals surface area contributed by atoms with Crippen molar-refractivity contribution >= 4 is 18.9 Å². The molecule has 0 unspecified atom stereocenters. The fraction of sp³-hybridized carbons (Fsp3) is 0.500. The van der Waals surface area contributed by atoms with E-state index in [1.807, 2.05) is 40.8 Å². The zero-order chi connectivity index (χ0) is 16.5. The Labute approximate surface area is 132 Å². The second-order valence-electron chi connectivity index (χ2n) is 6.62. The van der Waals surface area contributed by atoms with Gasteiger partial charge >= 0.3 is 7.12 Å². The highest BCUT2D eigenvalue weighted by Gasteiger charge is 2.52. The number of benzene rings is 1. The Morgan fingerprint density at radius 2 is 1.86 bits per heavy atom. The lowest BCUT2D eigenvalue weighted by Crippen LogP contribution is -2.41. The van der Waals surface area contributed by atoms with Crippen molar-refractivity contribution in [1.29, 1.82) is 0 Å². The molecule has 0 spiro atoms. The Kier molecular flexibility index (Phi) is 4.66. The highest BCUT2D eigenvalue weighted by atomic mass is 19.1. The van der Waals surface area contributed by atoms with Crippen LogP contribution in [0.4, 0.5) is 10.1 Å². The Bertz CT molecular complexity index is 572. The van der Waals surface area contributed by atoms with Gasteiger partial charge in [-0.05, 0) is 57.9 Å². The summed E-state index contributed by atoms with van der Waals surface area (Å²) in [6.45, 7) is 8.66. The van der Waals surface area contributed by atoms with Crippen LogP contribution in [0, 0.1) is 5.82 Å². The summed E-state index contributed by atoms with van der Waals surface area (Å²) in [5.74, 6) is -0.414. The van der Waals surface area contributed by atoms with E-state index >= 15 is 0 Å². The van der Waals surface area contributed by atoms with Crippen molar-refractivity contribution < 1.29 is 13.7 Å². The summed E-state index contributed by atoms with van der Waals surface area (Å²) in [4.78, 5) is 0. The van der Waals surface area contributed by atoms with E-state index in [4.69, 9.17) is 15.0 Å². The van der Waals surface area contributed by atoms with E-state index in [1.54, 1.807) is 12.1 Å². The molecule has 22 heavy (non-hydrogen) atoms. The van der Waals surface area contributed by atoms with Gasteiger partial charge < -0.3 is 20.4 Å². The molecular formula is C16H24BFN2O2. The van der Waals surface area contributed by atoms with Crippen molar-refractivity contribution in [2.45, 2.75) is 38.9 Å². The molecule has 1 aromatic rings. The Balaban J connectivity index is 2.31. The second kappa shape index (κ2) is 6.03. The highest BCUT2D eigenvalue weighted by molar-refractivity contribution is 6.55. The van der Waals surface area contributed by atoms with Crippen LogP contribution in [-0.4, -0.2) is 31.9 Å². The van der Waals surface area contributed by atoms with E-state index in [1.165, 1.54) is 6.07 Å². The SMILES string of the molecule is CNCC(=Cc1ccc(F)c(N)c1)B1OC(C)(C)C(C)(C)O1. The molecule has 0 bridgehead atoms. The number of halogens is 1. The van der Waals surface area contributed by atoms with Crippen molar-refractivity contribution in [2.75, 3.05) is 19.3 Å². The van der Waals surface area contributed by atoms with Crippen LogP contribution in [0.15, 0.2) is 23.7 Å². The molecule has 4 nitrogen and oxygen atoms in total. The number of hydrogen-bond acceptors (Lipinski definition) is 4. The van der Waals surface area contributed by atoms with Gasteiger partial charge in [0.05, 0.1) is 16.9 Å². The van der Waals surface area contributed by atoms with Gasteiger partial charge in [0.2, 0.25) is 0 Å². The lowest BCUT2D eigenvalue weighted by atomic mass is 9.77. The first kappa shape index (κ1) is 17.0. The van der Waals surface area contributed by atoms with Gasteiger partial charge in [-0.2, -0.15) is 0 Å². The summed E-state index contributed by atoms with van der Waals surface area (Å²) < 4.78 is 25.4. The molecule has 0 aromatic heterocycles. The number of nitrogens with two attached hydrogens (primary N) is 1. The van der Waals surface area contributed by atoms with E-state index < -0.39 is 24.1 Å². The Morgan fingerprint density at radius 3 is 2.36 bits per heavy atom. The van der Waals surface area contributed by atoms with E-state index in [0.717, 1.165) is 11.0 Å². The Morgan fingerprint density at radius 1 is 1.27 bits per heavy atom. The average molecular weight is 306 g/mol. The van der Waals surface area contributed by atoms with Crippen LogP contribution in [0.25, 0.3) is 6.08 Å². The quantitative estimate of drug-likeness (QED) is 0.663. The largest absolute Gasteiger partial charge is 0.491 e. The first-order chi connectivity index (χ1) is 10.2. The van der Waals surface area contributed by atoms with Crippen molar-refractivity contribution in [1.82, 2.24) is 5.32 Å². The van der Waals surface area contributed by atoms with E-state index in [-0.39, 0.29) is 5.69 Å². The molecule has 120 valence electrons. The van der Waals surface area contributed by atoms with Gasteiger partial charge in [-0.15, -0.1) is 0 Å². The number of hydrogen-bond donors (Lipinski definition) is 2. The fourth-order valence-electron chi connectivity index (χ4n) is 2.27. The molecule has 3 N–H and O–H groups in total. The van der Waals surface area contributed by atoms with E-state index in [9.17, 15) is 4.39 Å². The number of likely N-dealkylation sites (N-methyl/N-ethyl adjacent to an activating group) is 1. The van der Waals surface area contributed by atoms with Crippen LogP contribution in [-0.2, 0) is 9.31 Å². The summed E-state index contributed by atoms with van der Waals surface area (Å²) >= 11 is 0. The zero-order valence-corrected chi connectivity index (χ0v) is 13.9. The maximum absolute atomic E-state index is 13.3. The smallest absolute Gasteiger partial charge is 0.400 e. The van der Waals surface area contributed by atoms with Crippen molar-refractivity contribution in [3.8, 4) is 0 Å². The number of nitrogen functional groups attached to an aromatic ring is 1. The standard InChI is InChI=1S/C16H24BFN2O2/c1-15(2)16(3,4)22-17(21-15)12(10-20-5)8-11-6-7-13(18)14(19)9-11/h6-9,20H,10,19H2,1-5H3. The average Bonchev–Trinajstić information content (AvgIpc) is 2.62. The maximum atomic E-state index is 13.3. The molecule has 0 atom stereocenters. The van der Waals surface area contributed by atoms with Gasteiger partial charge in [-0.1, -0.05) is 12.1 Å². The molecule has 1 aliphatic heterocycles. The summed E-state index contributed by atoms with van der Waals surface area (Å²) in [6.07, 6.45) is 1.93. The second-order valence-corrected chi connectivity index (χ2v) is 6.62. The minimum Gasteiger partial charge on any atom is -0.400 e. The summed E-state index contributed by atoms with van der Waals surface area (Å²) in [5, 5.41) is 3.11. The molecule has 2 rings (SSSR count). The zero-order valence-electron chi connectivity index (χ0n) is 13.9. The van der Waals surface area contributed by atoms with Gasteiger partial charge in [0.1, 0.15) is 5.82 Å². The fourth-order valence-corrected chi connectivity index (χ4v) is 2.27. The van der Waals surface area contributed by atoms with Crippen LogP contribution in [0.5, 0.6) is 0 Å². The molecule has 0 amide bonds. The summed E-state index contributed by atoms with van der Waals surface area (Å²) in [6, 6.07) is 4.66. The molecule has 6 heteroatoms. The van der Waals surface area contributed by atoms with Crippen LogP contribution < -0.4 is 11.1 Å². The van der Waals surface area contributed by atoms with Gasteiger partial charge in [0, 0.05) is 6.54 Å². The van der Waals surface area contributed by atoms with Crippen molar-refractivity contribution in [3.63, 3.8) is 0 Å². The summed E-state index contributed by atoms with van der Waals surface area (Å²) in [5.41, 5.74) is 6.72. The minimum absolute atomic E-state index is 0.131. The lowest BCUT2D eigenvalue weighted by molar-refractivity contribution is 0.00578. The molecule has 0 radical (unpaired) electrons. The van der Waals surface area contributed by atoms with Gasteiger partial charge in [-0.3, -0.25) is 0 Å². The van der Waals surface area contributed by atoms with Crippen molar-refractivity contribution in [2.24, 2.45) is 0 Å². The predicted molar refractivity (Wildman–Crippen MR) is 88.8 cm³/mol. The molecule has 1 saturated heterocycles. The van der Waals surface area contributed by atoms with E-state index in [0.29, 0.717) is 6.54 Å². The minimum atomic E-state index is -0.441. The summed E-state index contributed by atoms with van der Waals surface area (Å²) in [7, 11) is 1.42. The maximum Gasteiger partial charge on any atom is 0.491 e. The van der Waals surface area contributed by atoms with Gasteiger partial charge in [0.25, 0.3) is 0 Å². The third-order valence-electron chi connectivity index (χ3n) is 4.31. The Hall–Kier alpha value is -1.37. The highest BCUT2D eigenvalue weighted by Crippen LogP contribution is 2.38. The van der Waals surface area contributed by atoms with Crippen molar-refractivity contribution in [3.05, 3.63) is 35.1 Å². The van der Waals surface area contributed by atoms with Crippen LogP contribution in [0.1, 0.15) is 33.3 Å². The monoisotopic (exact) mass is 306 g/mol. The molecule has 0 saturated carbocycles. The molecule has 0 aliphatic carbocycles. The van der Waals surface area contributed by atoms with Gasteiger partial charge in [-0.25, -0.2) is 4.39 Å². The third-order valence-corrected chi connectivity index (χ3v) is 4.31. The first-order valence-electron chi connectivity index (χ1n) is 7.42.